The highest BCUT2D eigenvalue weighted by Gasteiger charge is 2.15. The summed E-state index contributed by atoms with van der Waals surface area (Å²) in [6.07, 6.45) is 0.498. The summed E-state index contributed by atoms with van der Waals surface area (Å²) in [5, 5.41) is 0.357. The topological polar surface area (TPSA) is 35.2 Å². The molecule has 0 radical (unpaired) electrons. The van der Waals surface area contributed by atoms with Crippen LogP contribution in [0.3, 0.4) is 0 Å². The Balaban J connectivity index is 2.23. The van der Waals surface area contributed by atoms with Gasteiger partial charge in [-0.2, -0.15) is 0 Å². The molecule has 0 spiro atoms. The van der Waals surface area contributed by atoms with Crippen LogP contribution in [0.25, 0.3) is 0 Å². The lowest BCUT2D eigenvalue weighted by atomic mass is 9.99. The zero-order valence-corrected chi connectivity index (χ0v) is 11.3. The number of nitrogens with two attached hydrogens (primary N) is 1. The van der Waals surface area contributed by atoms with Gasteiger partial charge in [-0.15, -0.1) is 0 Å². The van der Waals surface area contributed by atoms with Gasteiger partial charge in [0.15, 0.2) is 0 Å². The number of methoxy groups -OCH3 is 1. The Kier molecular flexibility index (Phi) is 4.40. The second-order valence-corrected chi connectivity index (χ2v) is 4.70. The molecule has 0 heterocycles. The summed E-state index contributed by atoms with van der Waals surface area (Å²) in [6, 6.07) is 11.6. The molecule has 0 aliphatic carbocycles. The van der Waals surface area contributed by atoms with Crippen LogP contribution >= 0.6 is 11.6 Å². The summed E-state index contributed by atoms with van der Waals surface area (Å²) in [5.74, 6) is 0.382. The number of halogens is 2. The molecular weight excluding hydrogens is 265 g/mol. The third-order valence-electron chi connectivity index (χ3n) is 2.96. The molecule has 0 fully saturated rings. The van der Waals surface area contributed by atoms with Crippen LogP contribution in [0.1, 0.15) is 17.2 Å². The number of benzene rings is 2. The van der Waals surface area contributed by atoms with Crippen molar-refractivity contribution in [3.63, 3.8) is 0 Å². The molecule has 2 rings (SSSR count). The molecule has 2 nitrogen and oxygen atoms in total. The monoisotopic (exact) mass is 279 g/mol. The Morgan fingerprint density at radius 3 is 2.68 bits per heavy atom. The second kappa shape index (κ2) is 6.04. The van der Waals surface area contributed by atoms with Crippen molar-refractivity contribution in [2.75, 3.05) is 7.11 Å². The first-order valence-corrected chi connectivity index (χ1v) is 6.32. The van der Waals surface area contributed by atoms with Crippen LogP contribution in [-0.2, 0) is 6.42 Å². The Hall–Kier alpha value is -1.58. The highest BCUT2D eigenvalue weighted by atomic mass is 35.5. The minimum Gasteiger partial charge on any atom is -0.497 e. The molecule has 2 aromatic rings. The quantitative estimate of drug-likeness (QED) is 0.925. The summed E-state index contributed by atoms with van der Waals surface area (Å²) < 4.78 is 18.9. The third-order valence-corrected chi connectivity index (χ3v) is 3.29. The van der Waals surface area contributed by atoms with Crippen molar-refractivity contribution in [2.45, 2.75) is 12.5 Å². The van der Waals surface area contributed by atoms with E-state index in [4.69, 9.17) is 22.1 Å². The fourth-order valence-corrected chi connectivity index (χ4v) is 2.32. The second-order valence-electron chi connectivity index (χ2n) is 4.30. The van der Waals surface area contributed by atoms with E-state index in [0.29, 0.717) is 17.0 Å². The van der Waals surface area contributed by atoms with Crippen LogP contribution < -0.4 is 10.5 Å². The first-order valence-electron chi connectivity index (χ1n) is 5.94. The average Bonchev–Trinajstić information content (AvgIpc) is 2.38. The van der Waals surface area contributed by atoms with Gasteiger partial charge in [0, 0.05) is 16.6 Å². The molecule has 2 aromatic carbocycles. The number of rotatable bonds is 4. The molecule has 0 amide bonds. The maximum absolute atomic E-state index is 13.8. The molecule has 1 unspecified atom stereocenters. The molecular formula is C15H15ClFNO. The summed E-state index contributed by atoms with van der Waals surface area (Å²) in [4.78, 5) is 0. The average molecular weight is 280 g/mol. The zero-order valence-electron chi connectivity index (χ0n) is 10.6. The van der Waals surface area contributed by atoms with Gasteiger partial charge in [0.2, 0.25) is 0 Å². The van der Waals surface area contributed by atoms with E-state index in [1.165, 1.54) is 6.07 Å². The van der Waals surface area contributed by atoms with Gasteiger partial charge in [-0.1, -0.05) is 29.8 Å². The Bertz CT molecular complexity index is 554. The van der Waals surface area contributed by atoms with Gasteiger partial charge in [-0.05, 0) is 36.2 Å². The molecule has 4 heteroatoms. The summed E-state index contributed by atoms with van der Waals surface area (Å²) in [6.45, 7) is 0. The van der Waals surface area contributed by atoms with E-state index in [0.717, 1.165) is 11.3 Å². The van der Waals surface area contributed by atoms with Gasteiger partial charge < -0.3 is 10.5 Å². The van der Waals surface area contributed by atoms with Crippen LogP contribution in [0.2, 0.25) is 5.02 Å². The van der Waals surface area contributed by atoms with Crippen LogP contribution in [-0.4, -0.2) is 7.11 Å². The van der Waals surface area contributed by atoms with Crippen molar-refractivity contribution in [1.82, 2.24) is 0 Å². The molecule has 0 bridgehead atoms. The predicted octanol–water partition coefficient (Wildman–Crippen LogP) is 3.73. The van der Waals surface area contributed by atoms with Crippen LogP contribution in [0.15, 0.2) is 42.5 Å². The third kappa shape index (κ3) is 3.25. The van der Waals surface area contributed by atoms with Crippen molar-refractivity contribution in [3.8, 4) is 5.75 Å². The van der Waals surface area contributed by atoms with Gasteiger partial charge in [0.05, 0.1) is 7.11 Å². The number of hydrogen-bond donors (Lipinski definition) is 1. The van der Waals surface area contributed by atoms with E-state index >= 15 is 0 Å². The van der Waals surface area contributed by atoms with E-state index in [1.54, 1.807) is 19.2 Å². The Labute approximate surface area is 117 Å². The molecule has 0 aliphatic heterocycles. The Morgan fingerprint density at radius 2 is 2.00 bits per heavy atom. The van der Waals surface area contributed by atoms with E-state index in [1.807, 2.05) is 24.3 Å². The highest BCUT2D eigenvalue weighted by molar-refractivity contribution is 6.31. The maximum atomic E-state index is 13.8. The molecule has 0 aliphatic rings. The lowest BCUT2D eigenvalue weighted by Crippen LogP contribution is -2.15. The maximum Gasteiger partial charge on any atom is 0.129 e. The highest BCUT2D eigenvalue weighted by Crippen LogP contribution is 2.27. The molecule has 1 atom stereocenters. The van der Waals surface area contributed by atoms with E-state index in [-0.39, 0.29) is 5.82 Å². The van der Waals surface area contributed by atoms with Crippen LogP contribution in [0, 0.1) is 5.82 Å². The van der Waals surface area contributed by atoms with Crippen LogP contribution in [0.5, 0.6) is 5.75 Å². The summed E-state index contributed by atoms with van der Waals surface area (Å²) in [7, 11) is 1.60. The fraction of sp³-hybridized carbons (Fsp3) is 0.200. The fourth-order valence-electron chi connectivity index (χ4n) is 2.02. The van der Waals surface area contributed by atoms with Crippen molar-refractivity contribution in [1.29, 1.82) is 0 Å². The van der Waals surface area contributed by atoms with Crippen molar-refractivity contribution in [3.05, 3.63) is 64.4 Å². The zero-order chi connectivity index (χ0) is 13.8. The molecule has 2 N–H and O–H groups in total. The van der Waals surface area contributed by atoms with E-state index in [9.17, 15) is 4.39 Å². The summed E-state index contributed by atoms with van der Waals surface area (Å²) >= 11 is 6.00. The lowest BCUT2D eigenvalue weighted by molar-refractivity contribution is 0.414. The largest absolute Gasteiger partial charge is 0.497 e. The van der Waals surface area contributed by atoms with Gasteiger partial charge >= 0.3 is 0 Å². The van der Waals surface area contributed by atoms with Gasteiger partial charge in [-0.3, -0.25) is 0 Å². The molecule has 0 aromatic heterocycles. The van der Waals surface area contributed by atoms with Crippen molar-refractivity contribution < 1.29 is 9.13 Å². The van der Waals surface area contributed by atoms with Crippen LogP contribution in [0.4, 0.5) is 4.39 Å². The molecule has 0 saturated carbocycles. The number of hydrogen-bond acceptors (Lipinski definition) is 2. The SMILES string of the molecule is COc1cccc(CC(N)c2c(F)cccc2Cl)c1. The first-order chi connectivity index (χ1) is 9.11. The minimum absolute atomic E-state index is 0.354. The van der Waals surface area contributed by atoms with Crippen molar-refractivity contribution >= 4 is 11.6 Å². The molecule has 0 saturated heterocycles. The predicted molar refractivity (Wildman–Crippen MR) is 75.0 cm³/mol. The lowest BCUT2D eigenvalue weighted by Gasteiger charge is -2.15. The molecule has 100 valence electrons. The van der Waals surface area contributed by atoms with Gasteiger partial charge in [0.25, 0.3) is 0 Å². The van der Waals surface area contributed by atoms with Crippen molar-refractivity contribution in [2.24, 2.45) is 5.73 Å². The smallest absolute Gasteiger partial charge is 0.129 e. The first kappa shape index (κ1) is 13.8. The Morgan fingerprint density at radius 1 is 1.26 bits per heavy atom. The number of ether oxygens (including phenoxy) is 1. The summed E-state index contributed by atoms with van der Waals surface area (Å²) in [5.41, 5.74) is 7.39. The molecule has 19 heavy (non-hydrogen) atoms. The van der Waals surface area contributed by atoms with Gasteiger partial charge in [0.1, 0.15) is 11.6 Å². The van der Waals surface area contributed by atoms with E-state index < -0.39 is 6.04 Å². The van der Waals surface area contributed by atoms with E-state index in [2.05, 4.69) is 0 Å². The standard InChI is InChI=1S/C15H15ClFNO/c1-19-11-5-2-4-10(8-11)9-14(18)15-12(16)6-3-7-13(15)17/h2-8,14H,9,18H2,1H3. The van der Waals surface area contributed by atoms with Gasteiger partial charge in [-0.25, -0.2) is 4.39 Å². The normalized spacial score (nSPS) is 12.2. The minimum atomic E-state index is -0.485.